The number of benzene rings is 3. The minimum absolute atomic E-state index is 0.126. The summed E-state index contributed by atoms with van der Waals surface area (Å²) < 4.78 is 5.17. The van der Waals surface area contributed by atoms with Crippen LogP contribution in [0.2, 0.25) is 0 Å². The summed E-state index contributed by atoms with van der Waals surface area (Å²) in [6, 6.07) is 24.7. The first-order chi connectivity index (χ1) is 12.3. The van der Waals surface area contributed by atoms with Crippen LogP contribution in [-0.2, 0) is 0 Å². The molecule has 1 N–H and O–H groups in total. The van der Waals surface area contributed by atoms with Crippen molar-refractivity contribution in [3.63, 3.8) is 0 Å². The van der Waals surface area contributed by atoms with Crippen LogP contribution in [0.3, 0.4) is 0 Å². The van der Waals surface area contributed by atoms with Crippen LogP contribution < -0.4 is 4.74 Å². The molecule has 25 heavy (non-hydrogen) atoms. The van der Waals surface area contributed by atoms with Gasteiger partial charge in [-0.3, -0.25) is 0 Å². The highest BCUT2D eigenvalue weighted by Gasteiger charge is 2.06. The molecule has 3 aromatic carbocycles. The van der Waals surface area contributed by atoms with E-state index in [1.165, 1.54) is 6.21 Å². The molecule has 0 spiro atoms. The third-order valence-electron chi connectivity index (χ3n) is 3.68. The molecule has 0 amide bonds. The SMILES string of the molecule is COc1ccc(O)c(/C=N/N=C(c2ccccc2)c2ccccc2)c1. The number of phenolic OH excluding ortho intramolecular Hbond substituents is 1. The molecule has 124 valence electrons. The Kier molecular flexibility index (Phi) is 5.22. The van der Waals surface area contributed by atoms with Crippen LogP contribution in [0.25, 0.3) is 0 Å². The van der Waals surface area contributed by atoms with Crippen LogP contribution in [0, 0.1) is 0 Å². The van der Waals surface area contributed by atoms with Gasteiger partial charge in [-0.05, 0) is 18.2 Å². The summed E-state index contributed by atoms with van der Waals surface area (Å²) in [6.45, 7) is 0. The molecule has 0 fully saturated rings. The standard InChI is InChI=1S/C21H18N2O2/c1-25-19-12-13-20(24)18(14-19)15-22-23-21(16-8-4-2-5-9-16)17-10-6-3-7-11-17/h2-15,24H,1H3/b22-15+. The Bertz CT molecular complexity index is 847. The topological polar surface area (TPSA) is 54.2 Å². The second-order valence-corrected chi connectivity index (χ2v) is 5.35. The Labute approximate surface area is 146 Å². The fourth-order valence-electron chi connectivity index (χ4n) is 2.39. The maximum absolute atomic E-state index is 9.93. The maximum Gasteiger partial charge on any atom is 0.124 e. The van der Waals surface area contributed by atoms with Crippen molar-refractivity contribution in [1.29, 1.82) is 0 Å². The minimum atomic E-state index is 0.126. The molecule has 0 unspecified atom stereocenters. The molecule has 0 aliphatic rings. The van der Waals surface area contributed by atoms with Gasteiger partial charge in [0.15, 0.2) is 0 Å². The largest absolute Gasteiger partial charge is 0.507 e. The third-order valence-corrected chi connectivity index (χ3v) is 3.68. The number of ether oxygens (including phenoxy) is 1. The van der Waals surface area contributed by atoms with E-state index in [2.05, 4.69) is 10.2 Å². The number of hydrogen-bond acceptors (Lipinski definition) is 4. The number of rotatable bonds is 5. The summed E-state index contributed by atoms with van der Waals surface area (Å²) in [5.74, 6) is 0.773. The Morgan fingerprint density at radius 3 is 2.04 bits per heavy atom. The molecule has 0 radical (unpaired) electrons. The molecule has 4 heteroatoms. The Hall–Kier alpha value is -3.40. The van der Waals surface area contributed by atoms with Crippen LogP contribution in [0.5, 0.6) is 11.5 Å². The molecule has 0 aliphatic carbocycles. The Balaban J connectivity index is 1.97. The first kappa shape index (κ1) is 16.5. The van der Waals surface area contributed by atoms with Gasteiger partial charge in [0.1, 0.15) is 17.2 Å². The molecule has 0 saturated carbocycles. The average Bonchev–Trinajstić information content (AvgIpc) is 2.68. The first-order valence-corrected chi connectivity index (χ1v) is 7.87. The predicted molar refractivity (Wildman–Crippen MR) is 101 cm³/mol. The van der Waals surface area contributed by atoms with Gasteiger partial charge in [-0.1, -0.05) is 60.7 Å². The summed E-state index contributed by atoms with van der Waals surface area (Å²) in [6.07, 6.45) is 1.52. The summed E-state index contributed by atoms with van der Waals surface area (Å²) >= 11 is 0. The third kappa shape index (κ3) is 4.12. The molecule has 3 rings (SSSR count). The first-order valence-electron chi connectivity index (χ1n) is 7.87. The zero-order chi connectivity index (χ0) is 17.5. The van der Waals surface area contributed by atoms with Gasteiger partial charge >= 0.3 is 0 Å². The lowest BCUT2D eigenvalue weighted by Crippen LogP contribution is -2.02. The number of nitrogens with zero attached hydrogens (tertiary/aromatic N) is 2. The van der Waals surface area contributed by atoms with Gasteiger partial charge < -0.3 is 9.84 Å². The quantitative estimate of drug-likeness (QED) is 0.561. The van der Waals surface area contributed by atoms with Crippen LogP contribution in [-0.4, -0.2) is 24.1 Å². The van der Waals surface area contributed by atoms with E-state index < -0.39 is 0 Å². The van der Waals surface area contributed by atoms with E-state index in [4.69, 9.17) is 4.74 Å². The molecule has 0 saturated heterocycles. The predicted octanol–water partition coefficient (Wildman–Crippen LogP) is 4.27. The molecular weight excluding hydrogens is 312 g/mol. The van der Waals surface area contributed by atoms with Crippen LogP contribution in [0.15, 0.2) is 89.1 Å². The van der Waals surface area contributed by atoms with Crippen LogP contribution in [0.1, 0.15) is 16.7 Å². The molecule has 0 aliphatic heterocycles. The molecule has 3 aromatic rings. The van der Waals surface area contributed by atoms with Gasteiger partial charge in [-0.15, -0.1) is 5.10 Å². The van der Waals surface area contributed by atoms with E-state index >= 15 is 0 Å². The zero-order valence-corrected chi connectivity index (χ0v) is 13.8. The lowest BCUT2D eigenvalue weighted by atomic mass is 10.0. The van der Waals surface area contributed by atoms with E-state index in [-0.39, 0.29) is 5.75 Å². The van der Waals surface area contributed by atoms with Crippen molar-refractivity contribution in [2.75, 3.05) is 7.11 Å². The van der Waals surface area contributed by atoms with Gasteiger partial charge in [0.25, 0.3) is 0 Å². The summed E-state index contributed by atoms with van der Waals surface area (Å²) in [5, 5.41) is 18.5. The number of phenols is 1. The summed E-state index contributed by atoms with van der Waals surface area (Å²) in [5.41, 5.74) is 3.25. The lowest BCUT2D eigenvalue weighted by molar-refractivity contribution is 0.412. The number of aromatic hydroxyl groups is 1. The highest BCUT2D eigenvalue weighted by atomic mass is 16.5. The van der Waals surface area contributed by atoms with Crippen molar-refractivity contribution in [3.8, 4) is 11.5 Å². The van der Waals surface area contributed by atoms with E-state index in [9.17, 15) is 5.11 Å². The van der Waals surface area contributed by atoms with E-state index in [0.29, 0.717) is 11.3 Å². The van der Waals surface area contributed by atoms with Crippen LogP contribution >= 0.6 is 0 Å². The normalized spacial score (nSPS) is 10.6. The smallest absolute Gasteiger partial charge is 0.124 e. The number of methoxy groups -OCH3 is 1. The van der Waals surface area contributed by atoms with E-state index in [1.807, 2.05) is 60.7 Å². The Morgan fingerprint density at radius 2 is 1.48 bits per heavy atom. The van der Waals surface area contributed by atoms with Crippen molar-refractivity contribution < 1.29 is 9.84 Å². The average molecular weight is 330 g/mol. The molecule has 0 atom stereocenters. The second kappa shape index (κ2) is 7.93. The van der Waals surface area contributed by atoms with Crippen molar-refractivity contribution in [3.05, 3.63) is 95.6 Å². The molecule has 0 heterocycles. The summed E-state index contributed by atoms with van der Waals surface area (Å²) in [7, 11) is 1.58. The van der Waals surface area contributed by atoms with Crippen molar-refractivity contribution in [2.45, 2.75) is 0 Å². The highest BCUT2D eigenvalue weighted by Crippen LogP contribution is 2.21. The molecule has 0 aromatic heterocycles. The monoisotopic (exact) mass is 330 g/mol. The van der Waals surface area contributed by atoms with Gasteiger partial charge in [-0.25, -0.2) is 0 Å². The van der Waals surface area contributed by atoms with E-state index in [1.54, 1.807) is 25.3 Å². The van der Waals surface area contributed by atoms with Gasteiger partial charge in [-0.2, -0.15) is 5.10 Å². The van der Waals surface area contributed by atoms with Gasteiger partial charge in [0, 0.05) is 16.7 Å². The Morgan fingerprint density at radius 1 is 0.880 bits per heavy atom. The van der Waals surface area contributed by atoms with E-state index in [0.717, 1.165) is 16.8 Å². The zero-order valence-electron chi connectivity index (χ0n) is 13.8. The fraction of sp³-hybridized carbons (Fsp3) is 0.0476. The summed E-state index contributed by atoms with van der Waals surface area (Å²) in [4.78, 5) is 0. The minimum Gasteiger partial charge on any atom is -0.507 e. The fourth-order valence-corrected chi connectivity index (χ4v) is 2.39. The van der Waals surface area contributed by atoms with Crippen molar-refractivity contribution >= 4 is 11.9 Å². The van der Waals surface area contributed by atoms with Gasteiger partial charge in [0.2, 0.25) is 0 Å². The second-order valence-electron chi connectivity index (χ2n) is 5.35. The maximum atomic E-state index is 9.93. The molecule has 0 bridgehead atoms. The van der Waals surface area contributed by atoms with Gasteiger partial charge in [0.05, 0.1) is 13.3 Å². The van der Waals surface area contributed by atoms with Crippen LogP contribution in [0.4, 0.5) is 0 Å². The molecular formula is C21H18N2O2. The van der Waals surface area contributed by atoms with Crippen molar-refractivity contribution in [2.24, 2.45) is 10.2 Å². The molecule has 4 nitrogen and oxygen atoms in total. The lowest BCUT2D eigenvalue weighted by Gasteiger charge is -2.05. The van der Waals surface area contributed by atoms with Crippen molar-refractivity contribution in [1.82, 2.24) is 0 Å². The number of hydrogen-bond donors (Lipinski definition) is 1. The highest BCUT2D eigenvalue weighted by molar-refractivity contribution is 6.13.